The van der Waals surface area contributed by atoms with Crippen molar-refractivity contribution in [1.82, 2.24) is 25.0 Å². The van der Waals surface area contributed by atoms with E-state index in [1.165, 1.54) is 9.25 Å². The third kappa shape index (κ3) is 4.18. The maximum atomic E-state index is 12.3. The van der Waals surface area contributed by atoms with E-state index in [2.05, 4.69) is 15.7 Å². The fourth-order valence-electron chi connectivity index (χ4n) is 2.59. The van der Waals surface area contributed by atoms with Gasteiger partial charge in [0.1, 0.15) is 0 Å². The fraction of sp³-hybridized carbons (Fsp3) is 0.211. The van der Waals surface area contributed by atoms with E-state index in [9.17, 15) is 9.59 Å². The fourth-order valence-corrected chi connectivity index (χ4v) is 2.59. The van der Waals surface area contributed by atoms with Gasteiger partial charge in [0.15, 0.2) is 5.82 Å². The highest BCUT2D eigenvalue weighted by Gasteiger charge is 2.11. The Kier molecular flexibility index (Phi) is 5.48. The molecule has 0 bridgehead atoms. The number of aromatic nitrogens is 3. The highest BCUT2D eigenvalue weighted by atomic mass is 16.2. The largest absolute Gasteiger partial charge is 0.345 e. The first-order chi connectivity index (χ1) is 12.6. The molecular weight excluding hydrogens is 330 g/mol. The van der Waals surface area contributed by atoms with Crippen LogP contribution < -0.4 is 16.3 Å². The second-order valence-corrected chi connectivity index (χ2v) is 5.85. The molecule has 0 spiro atoms. The standard InChI is InChI=1S/C19H21N5O2/c1-23-17(16-10-6-3-7-11-16)22-24(19(23)26)13-12-20-18(25)21-14-15-8-4-2-5-9-15/h2-11H,12-14H2,1H3,(H2,20,21,25). The van der Waals surface area contributed by atoms with Gasteiger partial charge in [0.25, 0.3) is 0 Å². The molecule has 0 aliphatic rings. The molecule has 7 heteroatoms. The number of nitrogens with zero attached hydrogens (tertiary/aromatic N) is 3. The molecule has 0 saturated heterocycles. The van der Waals surface area contributed by atoms with Crippen LogP contribution in [0.3, 0.4) is 0 Å². The van der Waals surface area contributed by atoms with Crippen LogP contribution in [0.5, 0.6) is 0 Å². The quantitative estimate of drug-likeness (QED) is 0.710. The lowest BCUT2D eigenvalue weighted by Crippen LogP contribution is -2.38. The number of amides is 2. The van der Waals surface area contributed by atoms with Gasteiger partial charge >= 0.3 is 11.7 Å². The average molecular weight is 351 g/mol. The Morgan fingerprint density at radius 3 is 2.35 bits per heavy atom. The first-order valence-corrected chi connectivity index (χ1v) is 8.40. The van der Waals surface area contributed by atoms with Gasteiger partial charge in [-0.1, -0.05) is 60.7 Å². The van der Waals surface area contributed by atoms with Crippen LogP contribution in [0.4, 0.5) is 4.79 Å². The van der Waals surface area contributed by atoms with Crippen molar-refractivity contribution in [2.24, 2.45) is 7.05 Å². The predicted molar refractivity (Wildman–Crippen MR) is 99.6 cm³/mol. The van der Waals surface area contributed by atoms with Gasteiger partial charge in [0, 0.05) is 25.7 Å². The van der Waals surface area contributed by atoms with Crippen LogP contribution in [0, 0.1) is 0 Å². The van der Waals surface area contributed by atoms with E-state index in [0.29, 0.717) is 25.5 Å². The third-order valence-electron chi connectivity index (χ3n) is 3.98. The highest BCUT2D eigenvalue weighted by Crippen LogP contribution is 2.13. The van der Waals surface area contributed by atoms with Crippen molar-refractivity contribution in [2.45, 2.75) is 13.1 Å². The maximum absolute atomic E-state index is 12.3. The minimum atomic E-state index is -0.277. The van der Waals surface area contributed by atoms with Crippen LogP contribution in [0.25, 0.3) is 11.4 Å². The molecule has 2 N–H and O–H groups in total. The van der Waals surface area contributed by atoms with Crippen LogP contribution in [-0.2, 0) is 20.1 Å². The lowest BCUT2D eigenvalue weighted by Gasteiger charge is -2.07. The van der Waals surface area contributed by atoms with E-state index in [0.717, 1.165) is 11.1 Å². The molecule has 7 nitrogen and oxygen atoms in total. The van der Waals surface area contributed by atoms with Crippen molar-refractivity contribution in [3.8, 4) is 11.4 Å². The summed E-state index contributed by atoms with van der Waals surface area (Å²) in [5.74, 6) is 0.601. The Balaban J connectivity index is 1.54. The molecule has 0 radical (unpaired) electrons. The summed E-state index contributed by atoms with van der Waals surface area (Å²) in [5, 5.41) is 9.88. The molecule has 0 atom stereocenters. The van der Waals surface area contributed by atoms with Gasteiger partial charge in [0.05, 0.1) is 6.54 Å². The van der Waals surface area contributed by atoms with Crippen molar-refractivity contribution in [3.63, 3.8) is 0 Å². The van der Waals surface area contributed by atoms with Crippen molar-refractivity contribution in [2.75, 3.05) is 6.54 Å². The monoisotopic (exact) mass is 351 g/mol. The van der Waals surface area contributed by atoms with Crippen LogP contribution in [-0.4, -0.2) is 26.9 Å². The van der Waals surface area contributed by atoms with Crippen LogP contribution in [0.15, 0.2) is 65.5 Å². The molecule has 0 unspecified atom stereocenters. The summed E-state index contributed by atoms with van der Waals surface area (Å²) in [4.78, 5) is 24.1. The second-order valence-electron chi connectivity index (χ2n) is 5.85. The minimum Gasteiger partial charge on any atom is -0.336 e. The SMILES string of the molecule is Cn1c(-c2ccccc2)nn(CCNC(=O)NCc2ccccc2)c1=O. The number of hydrogen-bond donors (Lipinski definition) is 2. The van der Waals surface area contributed by atoms with Crippen molar-refractivity contribution in [1.29, 1.82) is 0 Å². The summed E-state index contributed by atoms with van der Waals surface area (Å²) >= 11 is 0. The highest BCUT2D eigenvalue weighted by molar-refractivity contribution is 5.73. The van der Waals surface area contributed by atoms with Crippen LogP contribution in [0.2, 0.25) is 0 Å². The molecule has 1 aromatic heterocycles. The molecule has 26 heavy (non-hydrogen) atoms. The summed E-state index contributed by atoms with van der Waals surface area (Å²) in [6.45, 7) is 1.07. The Hall–Kier alpha value is -3.35. The number of nitrogens with one attached hydrogen (secondary N) is 2. The molecule has 0 saturated carbocycles. The number of hydrogen-bond acceptors (Lipinski definition) is 3. The summed E-state index contributed by atoms with van der Waals surface area (Å²) < 4.78 is 2.87. The van der Waals surface area contributed by atoms with Gasteiger partial charge in [0.2, 0.25) is 0 Å². The van der Waals surface area contributed by atoms with Gasteiger partial charge in [-0.15, -0.1) is 5.10 Å². The van der Waals surface area contributed by atoms with Gasteiger partial charge in [-0.3, -0.25) is 4.57 Å². The number of benzene rings is 2. The number of urea groups is 1. The molecule has 2 amide bonds. The van der Waals surface area contributed by atoms with E-state index in [1.807, 2.05) is 60.7 Å². The van der Waals surface area contributed by atoms with Gasteiger partial charge < -0.3 is 10.6 Å². The first kappa shape index (κ1) is 17.5. The number of carbonyl (C=O) groups is 1. The zero-order valence-corrected chi connectivity index (χ0v) is 14.6. The molecule has 1 heterocycles. The lowest BCUT2D eigenvalue weighted by molar-refractivity contribution is 0.240. The van der Waals surface area contributed by atoms with E-state index < -0.39 is 0 Å². The number of carbonyl (C=O) groups excluding carboxylic acids is 1. The molecule has 3 rings (SSSR count). The molecular formula is C19H21N5O2. The Morgan fingerprint density at radius 2 is 1.65 bits per heavy atom. The lowest BCUT2D eigenvalue weighted by atomic mass is 10.2. The molecule has 2 aromatic carbocycles. The summed E-state index contributed by atoms with van der Waals surface area (Å²) in [6, 6.07) is 18.9. The normalized spacial score (nSPS) is 10.5. The first-order valence-electron chi connectivity index (χ1n) is 8.40. The maximum Gasteiger partial charge on any atom is 0.345 e. The minimum absolute atomic E-state index is 0.213. The second kappa shape index (κ2) is 8.15. The van der Waals surface area contributed by atoms with Gasteiger partial charge in [-0.25, -0.2) is 14.3 Å². The summed E-state index contributed by atoms with van der Waals surface area (Å²) in [5.41, 5.74) is 1.69. The van der Waals surface area contributed by atoms with Crippen molar-refractivity contribution in [3.05, 3.63) is 76.7 Å². The third-order valence-corrected chi connectivity index (χ3v) is 3.98. The van der Waals surface area contributed by atoms with E-state index in [1.54, 1.807) is 7.05 Å². The predicted octanol–water partition coefficient (Wildman–Crippen LogP) is 1.75. The summed E-state index contributed by atoms with van der Waals surface area (Å²) in [7, 11) is 1.69. The smallest absolute Gasteiger partial charge is 0.336 e. The average Bonchev–Trinajstić information content (AvgIpc) is 2.96. The molecule has 0 aliphatic carbocycles. The van der Waals surface area contributed by atoms with Crippen molar-refractivity contribution >= 4 is 6.03 Å². The Bertz CT molecular complexity index is 916. The van der Waals surface area contributed by atoms with E-state index >= 15 is 0 Å². The van der Waals surface area contributed by atoms with Gasteiger partial charge in [-0.05, 0) is 5.56 Å². The molecule has 0 aliphatic heterocycles. The Morgan fingerprint density at radius 1 is 1.00 bits per heavy atom. The zero-order valence-electron chi connectivity index (χ0n) is 14.6. The topological polar surface area (TPSA) is 81.0 Å². The zero-order chi connectivity index (χ0) is 18.4. The summed E-state index contributed by atoms with van der Waals surface area (Å²) in [6.07, 6.45) is 0. The Labute approximate surface area is 151 Å². The molecule has 0 fully saturated rings. The van der Waals surface area contributed by atoms with Crippen LogP contribution in [0.1, 0.15) is 5.56 Å². The number of rotatable bonds is 6. The molecule has 3 aromatic rings. The van der Waals surface area contributed by atoms with Crippen molar-refractivity contribution < 1.29 is 4.79 Å². The van der Waals surface area contributed by atoms with Gasteiger partial charge in [-0.2, -0.15) is 0 Å². The van der Waals surface area contributed by atoms with E-state index in [4.69, 9.17) is 0 Å². The van der Waals surface area contributed by atoms with E-state index in [-0.39, 0.29) is 11.7 Å². The molecule has 134 valence electrons. The van der Waals surface area contributed by atoms with Crippen LogP contribution >= 0.6 is 0 Å².